The summed E-state index contributed by atoms with van der Waals surface area (Å²) < 4.78 is 0. The monoisotopic (exact) mass is 269 g/mol. The molecule has 0 aliphatic heterocycles. The molecule has 14 heavy (non-hydrogen) atoms. The van der Waals surface area contributed by atoms with E-state index in [1.165, 1.54) is 0 Å². The van der Waals surface area contributed by atoms with Crippen molar-refractivity contribution in [3.05, 3.63) is 29.3 Å². The Morgan fingerprint density at radius 1 is 1.64 bits per heavy atom. The SMILES string of the molecule is CC(Br)C(=O)c1cc(C#N)ccc1S. The summed E-state index contributed by atoms with van der Waals surface area (Å²) in [6.45, 7) is 1.74. The number of ketones is 1. The van der Waals surface area contributed by atoms with Crippen molar-refractivity contribution in [3.8, 4) is 6.07 Å². The maximum atomic E-state index is 11.6. The molecular formula is C10H8BrNOS. The highest BCUT2D eigenvalue weighted by atomic mass is 79.9. The van der Waals surface area contributed by atoms with Gasteiger partial charge in [-0.25, -0.2) is 0 Å². The molecule has 72 valence electrons. The molecule has 0 aliphatic rings. The van der Waals surface area contributed by atoms with Gasteiger partial charge in [0.05, 0.1) is 16.5 Å². The molecule has 1 atom stereocenters. The van der Waals surface area contributed by atoms with Crippen LogP contribution in [0.5, 0.6) is 0 Å². The molecule has 1 rings (SSSR count). The summed E-state index contributed by atoms with van der Waals surface area (Å²) in [5, 5.41) is 8.68. The fourth-order valence-corrected chi connectivity index (χ4v) is 1.51. The number of halogens is 1. The second-order valence-electron chi connectivity index (χ2n) is 2.82. The predicted octanol–water partition coefficient (Wildman–Crippen LogP) is 2.81. The van der Waals surface area contributed by atoms with Crippen LogP contribution in [-0.4, -0.2) is 10.6 Å². The Bertz CT molecular complexity index is 409. The molecule has 1 aromatic carbocycles. The van der Waals surface area contributed by atoms with Crippen LogP contribution >= 0.6 is 28.6 Å². The minimum absolute atomic E-state index is 0.0629. The lowest BCUT2D eigenvalue weighted by atomic mass is 10.1. The van der Waals surface area contributed by atoms with Gasteiger partial charge in [-0.1, -0.05) is 15.9 Å². The third-order valence-electron chi connectivity index (χ3n) is 1.75. The largest absolute Gasteiger partial charge is 0.293 e. The second-order valence-corrected chi connectivity index (χ2v) is 4.68. The van der Waals surface area contributed by atoms with Crippen molar-refractivity contribution >= 4 is 34.3 Å². The van der Waals surface area contributed by atoms with E-state index in [0.29, 0.717) is 16.0 Å². The van der Waals surface area contributed by atoms with Crippen LogP contribution in [0.2, 0.25) is 0 Å². The quantitative estimate of drug-likeness (QED) is 0.510. The smallest absolute Gasteiger partial charge is 0.177 e. The van der Waals surface area contributed by atoms with Crippen LogP contribution in [0.25, 0.3) is 0 Å². The van der Waals surface area contributed by atoms with Crippen molar-refractivity contribution in [1.82, 2.24) is 0 Å². The molecular weight excluding hydrogens is 262 g/mol. The Morgan fingerprint density at radius 3 is 2.79 bits per heavy atom. The molecule has 1 unspecified atom stereocenters. The number of Topliss-reactive ketones (excluding diaryl/α,β-unsaturated/α-hetero) is 1. The Balaban J connectivity index is 3.21. The molecule has 0 radical (unpaired) electrons. The molecule has 0 aromatic heterocycles. The fourth-order valence-electron chi connectivity index (χ4n) is 1.02. The van der Waals surface area contributed by atoms with Crippen LogP contribution in [0.15, 0.2) is 23.1 Å². The third kappa shape index (κ3) is 2.37. The third-order valence-corrected chi connectivity index (χ3v) is 2.56. The van der Waals surface area contributed by atoms with Crippen molar-refractivity contribution in [2.45, 2.75) is 16.6 Å². The number of thiol groups is 1. The van der Waals surface area contributed by atoms with Crippen molar-refractivity contribution in [1.29, 1.82) is 5.26 Å². The van der Waals surface area contributed by atoms with E-state index in [-0.39, 0.29) is 10.6 Å². The molecule has 4 heteroatoms. The Kier molecular flexibility index (Phi) is 3.73. The number of rotatable bonds is 2. The molecule has 0 aliphatic carbocycles. The zero-order valence-corrected chi connectivity index (χ0v) is 9.97. The number of nitriles is 1. The highest BCUT2D eigenvalue weighted by molar-refractivity contribution is 9.10. The number of carbonyl (C=O) groups excluding carboxylic acids is 1. The van der Waals surface area contributed by atoms with Crippen LogP contribution in [-0.2, 0) is 0 Å². The van der Waals surface area contributed by atoms with Crippen molar-refractivity contribution < 1.29 is 4.79 Å². The summed E-state index contributed by atoms with van der Waals surface area (Å²) >= 11 is 7.36. The summed E-state index contributed by atoms with van der Waals surface area (Å²) in [6, 6.07) is 6.84. The average Bonchev–Trinajstić information content (AvgIpc) is 2.17. The zero-order valence-electron chi connectivity index (χ0n) is 7.49. The lowest BCUT2D eigenvalue weighted by Crippen LogP contribution is -2.10. The molecule has 0 N–H and O–H groups in total. The van der Waals surface area contributed by atoms with Gasteiger partial charge in [0.2, 0.25) is 0 Å². The van der Waals surface area contributed by atoms with E-state index in [2.05, 4.69) is 28.6 Å². The number of hydrogen-bond acceptors (Lipinski definition) is 3. The van der Waals surface area contributed by atoms with Crippen LogP contribution in [0.1, 0.15) is 22.8 Å². The number of benzene rings is 1. The van der Waals surface area contributed by atoms with Gasteiger partial charge in [0.1, 0.15) is 0 Å². The van der Waals surface area contributed by atoms with Gasteiger partial charge in [0.25, 0.3) is 0 Å². The number of carbonyl (C=O) groups is 1. The van der Waals surface area contributed by atoms with Gasteiger partial charge in [-0.15, -0.1) is 12.6 Å². The van der Waals surface area contributed by atoms with Crippen LogP contribution < -0.4 is 0 Å². The van der Waals surface area contributed by atoms with E-state index >= 15 is 0 Å². The maximum absolute atomic E-state index is 11.6. The fraction of sp³-hybridized carbons (Fsp3) is 0.200. The molecule has 0 saturated heterocycles. The van der Waals surface area contributed by atoms with E-state index in [1.54, 1.807) is 25.1 Å². The van der Waals surface area contributed by atoms with E-state index in [9.17, 15) is 4.79 Å². The first-order valence-corrected chi connectivity index (χ1v) is 5.34. The summed E-state index contributed by atoms with van der Waals surface area (Å²) in [4.78, 5) is 12.0. The molecule has 0 amide bonds. The summed E-state index contributed by atoms with van der Waals surface area (Å²) in [7, 11) is 0. The standard InChI is InChI=1S/C10H8BrNOS/c1-6(11)10(13)8-4-7(5-12)2-3-9(8)14/h2-4,6,14H,1H3. The first-order valence-electron chi connectivity index (χ1n) is 3.97. The van der Waals surface area contributed by atoms with Gasteiger partial charge in [-0.3, -0.25) is 4.79 Å². The minimum Gasteiger partial charge on any atom is -0.293 e. The molecule has 1 aromatic rings. The molecule has 0 bridgehead atoms. The topological polar surface area (TPSA) is 40.9 Å². The molecule has 2 nitrogen and oxygen atoms in total. The van der Waals surface area contributed by atoms with Gasteiger partial charge in [-0.2, -0.15) is 5.26 Å². The Hall–Kier alpha value is -0.790. The van der Waals surface area contributed by atoms with Gasteiger partial charge in [0, 0.05) is 10.5 Å². The number of nitrogens with zero attached hydrogens (tertiary/aromatic N) is 1. The van der Waals surface area contributed by atoms with E-state index in [1.807, 2.05) is 6.07 Å². The first kappa shape index (κ1) is 11.3. The number of hydrogen-bond donors (Lipinski definition) is 1. The van der Waals surface area contributed by atoms with E-state index in [0.717, 1.165) is 0 Å². The predicted molar refractivity (Wildman–Crippen MR) is 61.1 cm³/mol. The van der Waals surface area contributed by atoms with Gasteiger partial charge in [-0.05, 0) is 25.1 Å². The Labute approximate surface area is 96.5 Å². The summed E-state index contributed by atoms with van der Waals surface area (Å²) in [5.74, 6) is -0.0629. The first-order chi connectivity index (χ1) is 6.56. The lowest BCUT2D eigenvalue weighted by molar-refractivity contribution is 0.0993. The highest BCUT2D eigenvalue weighted by Crippen LogP contribution is 2.19. The highest BCUT2D eigenvalue weighted by Gasteiger charge is 2.15. The van der Waals surface area contributed by atoms with Crippen molar-refractivity contribution in [2.24, 2.45) is 0 Å². The number of alkyl halides is 1. The Morgan fingerprint density at radius 2 is 2.29 bits per heavy atom. The van der Waals surface area contributed by atoms with Gasteiger partial charge >= 0.3 is 0 Å². The van der Waals surface area contributed by atoms with Crippen LogP contribution in [0.4, 0.5) is 0 Å². The maximum Gasteiger partial charge on any atom is 0.177 e. The molecule has 0 saturated carbocycles. The molecule has 0 spiro atoms. The van der Waals surface area contributed by atoms with E-state index in [4.69, 9.17) is 5.26 Å². The van der Waals surface area contributed by atoms with Gasteiger partial charge in [0.15, 0.2) is 5.78 Å². The normalized spacial score (nSPS) is 11.9. The van der Waals surface area contributed by atoms with Crippen LogP contribution in [0.3, 0.4) is 0 Å². The van der Waals surface area contributed by atoms with Crippen molar-refractivity contribution in [2.75, 3.05) is 0 Å². The lowest BCUT2D eigenvalue weighted by Gasteiger charge is -2.05. The van der Waals surface area contributed by atoms with Crippen molar-refractivity contribution in [3.63, 3.8) is 0 Å². The van der Waals surface area contributed by atoms with Crippen LogP contribution in [0, 0.1) is 11.3 Å². The van der Waals surface area contributed by atoms with E-state index < -0.39 is 0 Å². The molecule has 0 fully saturated rings. The zero-order chi connectivity index (χ0) is 10.7. The summed E-state index contributed by atoms with van der Waals surface area (Å²) in [6.07, 6.45) is 0. The molecule has 0 heterocycles. The minimum atomic E-state index is -0.262. The summed E-state index contributed by atoms with van der Waals surface area (Å²) in [5.41, 5.74) is 0.955. The van der Waals surface area contributed by atoms with Gasteiger partial charge < -0.3 is 0 Å². The average molecular weight is 270 g/mol. The second kappa shape index (κ2) is 4.63.